The van der Waals surface area contributed by atoms with E-state index in [-0.39, 0.29) is 17.6 Å². The largest absolute Gasteiger partial charge is 0.351 e. The lowest BCUT2D eigenvalue weighted by molar-refractivity contribution is -0.121. The number of benzene rings is 1. The van der Waals surface area contributed by atoms with Crippen LogP contribution in [0.2, 0.25) is 0 Å². The standard InChI is InChI=1S/C13H13F2N3OS/c1-2-7-16-11(19)8-18-10-6-4-3-5-9(10)17-13(18)20-12(14)15/h2-6,12H,1,7-8H2,(H,16,19). The van der Waals surface area contributed by atoms with Crippen LogP contribution in [0.4, 0.5) is 8.78 Å². The summed E-state index contributed by atoms with van der Waals surface area (Å²) in [6, 6.07) is 7.02. The zero-order chi connectivity index (χ0) is 14.5. The van der Waals surface area contributed by atoms with Crippen LogP contribution in [0.3, 0.4) is 0 Å². The van der Waals surface area contributed by atoms with Gasteiger partial charge in [0.05, 0.1) is 11.0 Å². The molecule has 0 aliphatic carbocycles. The smallest absolute Gasteiger partial charge is 0.291 e. The molecule has 0 aliphatic rings. The average Bonchev–Trinajstić information content (AvgIpc) is 2.74. The molecule has 2 rings (SSSR count). The molecule has 0 fully saturated rings. The first-order valence-corrected chi connectivity index (χ1v) is 6.77. The van der Waals surface area contributed by atoms with Crippen molar-refractivity contribution in [3.05, 3.63) is 36.9 Å². The van der Waals surface area contributed by atoms with Gasteiger partial charge in [0.15, 0.2) is 5.16 Å². The fraction of sp³-hybridized carbons (Fsp3) is 0.231. The molecule has 7 heteroatoms. The Labute approximate surface area is 118 Å². The number of aromatic nitrogens is 2. The van der Waals surface area contributed by atoms with E-state index in [1.165, 1.54) is 4.57 Å². The van der Waals surface area contributed by atoms with E-state index in [1.54, 1.807) is 30.3 Å². The Bertz CT molecular complexity index is 627. The quantitative estimate of drug-likeness (QED) is 0.658. The molecule has 4 nitrogen and oxygen atoms in total. The number of para-hydroxylation sites is 2. The van der Waals surface area contributed by atoms with Gasteiger partial charge >= 0.3 is 0 Å². The summed E-state index contributed by atoms with van der Waals surface area (Å²) in [5, 5.41) is 2.75. The number of alkyl halides is 2. The number of amides is 1. The lowest BCUT2D eigenvalue weighted by atomic mass is 10.3. The predicted molar refractivity (Wildman–Crippen MR) is 74.8 cm³/mol. The number of thioether (sulfide) groups is 1. The number of nitrogens with zero attached hydrogens (tertiary/aromatic N) is 2. The summed E-state index contributed by atoms with van der Waals surface area (Å²) in [5.74, 6) is -2.86. The van der Waals surface area contributed by atoms with Crippen molar-refractivity contribution in [2.75, 3.05) is 6.54 Å². The van der Waals surface area contributed by atoms with E-state index in [9.17, 15) is 13.6 Å². The summed E-state index contributed by atoms with van der Waals surface area (Å²) in [7, 11) is 0. The summed E-state index contributed by atoms with van der Waals surface area (Å²) in [5.41, 5.74) is 1.25. The third-order valence-corrected chi connectivity index (χ3v) is 3.26. The molecular weight excluding hydrogens is 284 g/mol. The van der Waals surface area contributed by atoms with E-state index >= 15 is 0 Å². The minimum atomic E-state index is -2.58. The zero-order valence-electron chi connectivity index (χ0n) is 10.6. The van der Waals surface area contributed by atoms with Crippen LogP contribution in [-0.2, 0) is 11.3 Å². The van der Waals surface area contributed by atoms with Crippen molar-refractivity contribution in [2.45, 2.75) is 17.5 Å². The lowest BCUT2D eigenvalue weighted by Crippen LogP contribution is -2.27. The molecule has 0 unspecified atom stereocenters. The molecule has 0 saturated heterocycles. The van der Waals surface area contributed by atoms with Crippen LogP contribution in [-0.4, -0.2) is 27.8 Å². The normalized spacial score (nSPS) is 10.9. The molecule has 2 aromatic rings. The van der Waals surface area contributed by atoms with E-state index in [4.69, 9.17) is 0 Å². The summed E-state index contributed by atoms with van der Waals surface area (Å²) >= 11 is 0.335. The number of fused-ring (bicyclic) bond motifs is 1. The van der Waals surface area contributed by atoms with Gasteiger partial charge in [0.2, 0.25) is 5.91 Å². The van der Waals surface area contributed by atoms with Crippen molar-refractivity contribution in [3.63, 3.8) is 0 Å². The minimum absolute atomic E-state index is 0.0522. The van der Waals surface area contributed by atoms with Crippen molar-refractivity contribution in [1.82, 2.24) is 14.9 Å². The Morgan fingerprint density at radius 2 is 2.25 bits per heavy atom. The number of imidazole rings is 1. The second-order valence-corrected chi connectivity index (χ2v) is 4.90. The summed E-state index contributed by atoms with van der Waals surface area (Å²) in [6.45, 7) is 3.78. The van der Waals surface area contributed by atoms with Gasteiger partial charge in [-0.05, 0) is 23.9 Å². The van der Waals surface area contributed by atoms with Crippen LogP contribution < -0.4 is 5.32 Å². The van der Waals surface area contributed by atoms with Crippen LogP contribution in [0.1, 0.15) is 0 Å². The maximum atomic E-state index is 12.6. The maximum absolute atomic E-state index is 12.6. The molecule has 1 heterocycles. The third kappa shape index (κ3) is 3.36. The van der Waals surface area contributed by atoms with Crippen LogP contribution in [0.5, 0.6) is 0 Å². The van der Waals surface area contributed by atoms with Crippen molar-refractivity contribution < 1.29 is 13.6 Å². The van der Waals surface area contributed by atoms with Gasteiger partial charge in [0.1, 0.15) is 6.54 Å². The Balaban J connectivity index is 2.32. The first kappa shape index (κ1) is 14.5. The van der Waals surface area contributed by atoms with E-state index < -0.39 is 5.76 Å². The number of carbonyl (C=O) groups is 1. The van der Waals surface area contributed by atoms with Crippen LogP contribution >= 0.6 is 11.8 Å². The first-order chi connectivity index (χ1) is 9.61. The van der Waals surface area contributed by atoms with Gasteiger partial charge in [0.25, 0.3) is 5.76 Å². The van der Waals surface area contributed by atoms with Gasteiger partial charge in [0, 0.05) is 6.54 Å². The van der Waals surface area contributed by atoms with E-state index in [0.717, 1.165) is 0 Å². The Morgan fingerprint density at radius 1 is 1.50 bits per heavy atom. The van der Waals surface area contributed by atoms with Gasteiger partial charge in [-0.25, -0.2) is 4.98 Å². The Kier molecular flexibility index (Phi) is 4.73. The molecule has 1 aromatic heterocycles. The maximum Gasteiger partial charge on any atom is 0.291 e. The van der Waals surface area contributed by atoms with Gasteiger partial charge in [-0.15, -0.1) is 6.58 Å². The SMILES string of the molecule is C=CCNC(=O)Cn1c(SC(F)F)nc2ccccc21. The van der Waals surface area contributed by atoms with Crippen LogP contribution in [0, 0.1) is 0 Å². The topological polar surface area (TPSA) is 46.9 Å². The predicted octanol–water partition coefficient (Wildman–Crippen LogP) is 2.65. The molecule has 1 N–H and O–H groups in total. The van der Waals surface area contributed by atoms with Gasteiger partial charge in [-0.1, -0.05) is 18.2 Å². The molecule has 0 bridgehead atoms. The van der Waals surface area contributed by atoms with Gasteiger partial charge in [-0.2, -0.15) is 8.78 Å². The fourth-order valence-corrected chi connectivity index (χ4v) is 2.36. The molecule has 0 saturated carbocycles. The van der Waals surface area contributed by atoms with E-state index in [2.05, 4.69) is 16.9 Å². The molecule has 0 spiro atoms. The molecule has 1 amide bonds. The van der Waals surface area contributed by atoms with E-state index in [0.29, 0.717) is 29.3 Å². The monoisotopic (exact) mass is 297 g/mol. The lowest BCUT2D eigenvalue weighted by Gasteiger charge is -2.08. The molecule has 106 valence electrons. The molecule has 20 heavy (non-hydrogen) atoms. The zero-order valence-corrected chi connectivity index (χ0v) is 11.4. The number of carbonyl (C=O) groups excluding carboxylic acids is 1. The number of hydrogen-bond donors (Lipinski definition) is 1. The second-order valence-electron chi connectivity index (χ2n) is 3.94. The molecule has 0 aliphatic heterocycles. The first-order valence-electron chi connectivity index (χ1n) is 5.89. The van der Waals surface area contributed by atoms with Crippen molar-refractivity contribution >= 4 is 28.7 Å². The molecule has 0 atom stereocenters. The highest BCUT2D eigenvalue weighted by molar-refractivity contribution is 7.99. The minimum Gasteiger partial charge on any atom is -0.351 e. The highest BCUT2D eigenvalue weighted by Gasteiger charge is 2.17. The Morgan fingerprint density at radius 3 is 2.95 bits per heavy atom. The van der Waals surface area contributed by atoms with Gasteiger partial charge < -0.3 is 9.88 Å². The fourth-order valence-electron chi connectivity index (χ4n) is 1.76. The summed E-state index contributed by atoms with van der Waals surface area (Å²) in [6.07, 6.45) is 1.55. The van der Waals surface area contributed by atoms with Crippen molar-refractivity contribution in [2.24, 2.45) is 0 Å². The van der Waals surface area contributed by atoms with E-state index in [1.807, 2.05) is 0 Å². The summed E-state index contributed by atoms with van der Waals surface area (Å²) in [4.78, 5) is 15.9. The Hall–Kier alpha value is -1.89. The van der Waals surface area contributed by atoms with Crippen LogP contribution in [0.25, 0.3) is 11.0 Å². The van der Waals surface area contributed by atoms with Gasteiger partial charge in [-0.3, -0.25) is 4.79 Å². The number of halogens is 2. The van der Waals surface area contributed by atoms with Crippen LogP contribution in [0.15, 0.2) is 42.1 Å². The highest BCUT2D eigenvalue weighted by atomic mass is 32.2. The number of hydrogen-bond acceptors (Lipinski definition) is 3. The highest BCUT2D eigenvalue weighted by Crippen LogP contribution is 2.28. The van der Waals surface area contributed by atoms with Crippen molar-refractivity contribution in [3.8, 4) is 0 Å². The number of nitrogens with one attached hydrogen (secondary N) is 1. The summed E-state index contributed by atoms with van der Waals surface area (Å²) < 4.78 is 26.6. The second kappa shape index (κ2) is 6.51. The molecule has 1 aromatic carbocycles. The number of rotatable bonds is 6. The third-order valence-electron chi connectivity index (χ3n) is 2.56. The average molecular weight is 297 g/mol. The molecule has 0 radical (unpaired) electrons. The molecular formula is C13H13F2N3OS. The van der Waals surface area contributed by atoms with Crippen molar-refractivity contribution in [1.29, 1.82) is 0 Å².